The van der Waals surface area contributed by atoms with E-state index in [-0.39, 0.29) is 5.41 Å². The van der Waals surface area contributed by atoms with Crippen LogP contribution in [0.2, 0.25) is 0 Å². The van der Waals surface area contributed by atoms with E-state index in [9.17, 15) is 8.42 Å². The summed E-state index contributed by atoms with van der Waals surface area (Å²) in [6, 6.07) is 0.455. The quantitative estimate of drug-likeness (QED) is 0.763. The van der Waals surface area contributed by atoms with E-state index >= 15 is 0 Å². The maximum atomic E-state index is 11.1. The van der Waals surface area contributed by atoms with Crippen molar-refractivity contribution in [3.63, 3.8) is 0 Å². The average Bonchev–Trinajstić information content (AvgIpc) is 2.26. The van der Waals surface area contributed by atoms with Crippen LogP contribution in [0.3, 0.4) is 0 Å². The van der Waals surface area contributed by atoms with Gasteiger partial charge in [0.2, 0.25) is 0 Å². The molecule has 4 nitrogen and oxygen atoms in total. The van der Waals surface area contributed by atoms with Gasteiger partial charge in [-0.25, -0.2) is 0 Å². The first-order valence-electron chi connectivity index (χ1n) is 6.10. The lowest BCUT2D eigenvalue weighted by atomic mass is 9.66. The molecule has 1 saturated heterocycles. The van der Waals surface area contributed by atoms with Gasteiger partial charge in [0.1, 0.15) is 0 Å². The van der Waals surface area contributed by atoms with Gasteiger partial charge >= 0.3 is 0 Å². The third-order valence-electron chi connectivity index (χ3n) is 3.96. The summed E-state index contributed by atoms with van der Waals surface area (Å²) < 4.78 is 27.3. The van der Waals surface area contributed by atoms with Crippen LogP contribution < -0.4 is 5.32 Å². The Morgan fingerprint density at radius 2 is 2.06 bits per heavy atom. The molecule has 0 bridgehead atoms. The van der Waals surface area contributed by atoms with Gasteiger partial charge in [-0.3, -0.25) is 4.18 Å². The van der Waals surface area contributed by atoms with Crippen molar-refractivity contribution in [1.82, 2.24) is 5.32 Å². The van der Waals surface area contributed by atoms with Crippen molar-refractivity contribution in [1.29, 1.82) is 0 Å². The molecule has 0 aromatic carbocycles. The minimum Gasteiger partial charge on any atom is -0.313 e. The Balaban J connectivity index is 2.05. The molecule has 1 heterocycles. The van der Waals surface area contributed by atoms with E-state index in [2.05, 4.69) is 5.32 Å². The van der Waals surface area contributed by atoms with Gasteiger partial charge in [-0.2, -0.15) is 8.42 Å². The highest BCUT2D eigenvalue weighted by Crippen LogP contribution is 2.42. The first kappa shape index (κ1) is 12.3. The summed E-state index contributed by atoms with van der Waals surface area (Å²) in [7, 11) is -3.31. The smallest absolute Gasteiger partial charge is 0.264 e. The van der Waals surface area contributed by atoms with Crippen LogP contribution in [0.25, 0.3) is 0 Å². The van der Waals surface area contributed by atoms with Crippen molar-refractivity contribution >= 4 is 10.1 Å². The highest BCUT2D eigenvalue weighted by Gasteiger charge is 2.43. The lowest BCUT2D eigenvalue weighted by Crippen LogP contribution is -2.54. The molecule has 0 aromatic heterocycles. The van der Waals surface area contributed by atoms with Crippen LogP contribution in [0, 0.1) is 5.41 Å². The van der Waals surface area contributed by atoms with Gasteiger partial charge in [0.15, 0.2) is 0 Å². The van der Waals surface area contributed by atoms with Crippen molar-refractivity contribution < 1.29 is 12.6 Å². The van der Waals surface area contributed by atoms with E-state index in [1.165, 1.54) is 12.8 Å². The van der Waals surface area contributed by atoms with Crippen molar-refractivity contribution in [2.75, 3.05) is 19.4 Å². The van der Waals surface area contributed by atoms with Crippen molar-refractivity contribution in [2.45, 2.75) is 44.6 Å². The molecule has 1 aliphatic carbocycles. The molecule has 2 fully saturated rings. The molecule has 0 spiro atoms. The summed E-state index contributed by atoms with van der Waals surface area (Å²) >= 11 is 0. The van der Waals surface area contributed by atoms with Gasteiger partial charge in [-0.05, 0) is 32.2 Å². The van der Waals surface area contributed by atoms with E-state index in [1.807, 2.05) is 0 Å². The number of hydrogen-bond donors (Lipinski definition) is 1. The Morgan fingerprint density at radius 1 is 1.31 bits per heavy atom. The van der Waals surface area contributed by atoms with E-state index < -0.39 is 10.1 Å². The molecule has 0 unspecified atom stereocenters. The Bertz CT molecular complexity index is 327. The van der Waals surface area contributed by atoms with Gasteiger partial charge in [-0.1, -0.05) is 12.8 Å². The predicted octanol–water partition coefficient (Wildman–Crippen LogP) is 1.27. The molecule has 1 aliphatic heterocycles. The molecule has 0 aromatic rings. The topological polar surface area (TPSA) is 55.4 Å². The van der Waals surface area contributed by atoms with Crippen LogP contribution >= 0.6 is 0 Å². The van der Waals surface area contributed by atoms with Crippen molar-refractivity contribution in [2.24, 2.45) is 5.41 Å². The van der Waals surface area contributed by atoms with Crippen molar-refractivity contribution in [3.8, 4) is 0 Å². The fraction of sp³-hybridized carbons (Fsp3) is 1.00. The van der Waals surface area contributed by atoms with Gasteiger partial charge in [0.25, 0.3) is 10.1 Å². The molecule has 2 rings (SSSR count). The van der Waals surface area contributed by atoms with Gasteiger partial charge in [0, 0.05) is 11.5 Å². The summed E-state index contributed by atoms with van der Waals surface area (Å²) in [5, 5.41) is 3.52. The summed E-state index contributed by atoms with van der Waals surface area (Å²) in [4.78, 5) is 0. The molecule has 5 heteroatoms. The predicted molar refractivity (Wildman–Crippen MR) is 62.7 cm³/mol. The minimum absolute atomic E-state index is 0.0690. The van der Waals surface area contributed by atoms with E-state index in [0.29, 0.717) is 12.6 Å². The molecule has 0 amide bonds. The maximum Gasteiger partial charge on any atom is 0.264 e. The number of nitrogens with one attached hydrogen (secondary N) is 1. The van der Waals surface area contributed by atoms with Crippen LogP contribution in [0.4, 0.5) is 0 Å². The van der Waals surface area contributed by atoms with Crippen LogP contribution in [0.15, 0.2) is 0 Å². The summed E-state index contributed by atoms with van der Waals surface area (Å²) in [5.41, 5.74) is 0.0690. The van der Waals surface area contributed by atoms with E-state index in [0.717, 1.165) is 38.5 Å². The summed E-state index contributed by atoms with van der Waals surface area (Å²) in [6.07, 6.45) is 8.07. The fourth-order valence-electron chi connectivity index (χ4n) is 3.11. The second-order valence-corrected chi connectivity index (χ2v) is 6.83. The highest BCUT2D eigenvalue weighted by molar-refractivity contribution is 7.85. The Morgan fingerprint density at radius 3 is 2.81 bits per heavy atom. The van der Waals surface area contributed by atoms with Crippen LogP contribution in [0.5, 0.6) is 0 Å². The molecule has 1 N–H and O–H groups in total. The van der Waals surface area contributed by atoms with Crippen molar-refractivity contribution in [3.05, 3.63) is 0 Å². The van der Waals surface area contributed by atoms with Gasteiger partial charge in [0.05, 0.1) is 12.9 Å². The molecule has 16 heavy (non-hydrogen) atoms. The first-order chi connectivity index (χ1) is 7.52. The lowest BCUT2D eigenvalue weighted by molar-refractivity contribution is 0.0321. The first-order valence-corrected chi connectivity index (χ1v) is 7.91. The molecule has 0 radical (unpaired) electrons. The van der Waals surface area contributed by atoms with Crippen LogP contribution in [-0.4, -0.2) is 33.9 Å². The van der Waals surface area contributed by atoms with Crippen LogP contribution in [0.1, 0.15) is 38.5 Å². The third-order valence-corrected chi connectivity index (χ3v) is 4.51. The zero-order chi connectivity index (χ0) is 11.6. The van der Waals surface area contributed by atoms with E-state index in [4.69, 9.17) is 4.18 Å². The third kappa shape index (κ3) is 2.76. The number of hydrogen-bond acceptors (Lipinski definition) is 4. The fourth-order valence-corrected chi connectivity index (χ4v) is 3.56. The molecule has 94 valence electrons. The minimum atomic E-state index is -3.31. The zero-order valence-electron chi connectivity index (χ0n) is 9.87. The Labute approximate surface area is 97.9 Å². The molecule has 2 aliphatic rings. The average molecular weight is 247 g/mol. The molecular weight excluding hydrogens is 226 g/mol. The highest BCUT2D eigenvalue weighted by atomic mass is 32.2. The maximum absolute atomic E-state index is 11.1. The summed E-state index contributed by atoms with van der Waals surface area (Å²) in [5.74, 6) is 0. The summed E-state index contributed by atoms with van der Waals surface area (Å²) in [6.45, 7) is 1.43. The molecule has 2 atom stereocenters. The molecular formula is C11H21NO3S. The number of rotatable bonds is 3. The standard InChI is InChI=1S/C11H21NO3S/c1-16(13,14)15-9-11-6-3-2-5-10(11)12-8-4-7-11/h10,12H,2-9H2,1H3/t10-,11+/m0/s1. The SMILES string of the molecule is CS(=O)(=O)OC[C@]12CCCC[C@@H]1NCCC2. The van der Waals surface area contributed by atoms with Crippen LogP contribution in [-0.2, 0) is 14.3 Å². The Hall–Kier alpha value is -0.130. The monoisotopic (exact) mass is 247 g/mol. The normalized spacial score (nSPS) is 35.7. The Kier molecular flexibility index (Phi) is 3.56. The molecule has 1 saturated carbocycles. The second-order valence-electron chi connectivity index (χ2n) is 5.18. The van der Waals surface area contributed by atoms with Gasteiger partial charge in [-0.15, -0.1) is 0 Å². The number of piperidine rings is 1. The number of fused-ring (bicyclic) bond motifs is 1. The van der Waals surface area contributed by atoms with E-state index in [1.54, 1.807) is 0 Å². The van der Waals surface area contributed by atoms with Gasteiger partial charge < -0.3 is 5.32 Å². The zero-order valence-corrected chi connectivity index (χ0v) is 10.7. The lowest BCUT2D eigenvalue weighted by Gasteiger charge is -2.47. The largest absolute Gasteiger partial charge is 0.313 e. The second kappa shape index (κ2) is 4.63.